The second-order valence-electron chi connectivity index (χ2n) is 8.36. The predicted octanol–water partition coefficient (Wildman–Crippen LogP) is 0.318. The van der Waals surface area contributed by atoms with Crippen molar-refractivity contribution in [2.45, 2.75) is 56.8 Å². The molecule has 3 fully saturated rings. The zero-order valence-corrected chi connectivity index (χ0v) is 16.1. The van der Waals surface area contributed by atoms with Gasteiger partial charge in [-0.25, -0.2) is 0 Å². The third kappa shape index (κ3) is 2.98. The maximum Gasteiger partial charge on any atom is 0.262 e. The van der Waals surface area contributed by atoms with Gasteiger partial charge < -0.3 is 10.6 Å². The van der Waals surface area contributed by atoms with Gasteiger partial charge >= 0.3 is 0 Å². The average Bonchev–Trinajstić information content (AvgIpc) is 2.93. The largest absolute Gasteiger partial charge is 0.314 e. The zero-order valence-electron chi connectivity index (χ0n) is 16.1. The van der Waals surface area contributed by atoms with Crippen molar-refractivity contribution in [1.82, 2.24) is 20.9 Å². The summed E-state index contributed by atoms with van der Waals surface area (Å²) < 4.78 is 0. The number of fused-ring (bicyclic) bond motifs is 2. The molecule has 4 aliphatic rings. The normalized spacial score (nSPS) is 31.2. The Balaban J connectivity index is 1.36. The molecule has 0 bridgehead atoms. The Morgan fingerprint density at radius 2 is 1.90 bits per heavy atom. The summed E-state index contributed by atoms with van der Waals surface area (Å²) in [6, 6.07) is 5.35. The molecule has 8 heteroatoms. The fourth-order valence-corrected chi connectivity index (χ4v) is 5.13. The second-order valence-corrected chi connectivity index (χ2v) is 8.36. The molecule has 3 aliphatic heterocycles. The molecule has 1 aliphatic carbocycles. The smallest absolute Gasteiger partial charge is 0.262 e. The molecule has 8 nitrogen and oxygen atoms in total. The van der Waals surface area contributed by atoms with Crippen LogP contribution in [0.15, 0.2) is 18.2 Å². The van der Waals surface area contributed by atoms with Crippen LogP contribution in [0.4, 0.5) is 0 Å². The summed E-state index contributed by atoms with van der Waals surface area (Å²) >= 11 is 0. The Kier molecular flexibility index (Phi) is 4.48. The summed E-state index contributed by atoms with van der Waals surface area (Å²) in [4.78, 5) is 50.7. The SMILES string of the molecule is O=C1CCC(N2C(=O)c3cccc(CNC4CCNC5CCC54)c3C2=O)C(=O)N1. The van der Waals surface area contributed by atoms with Crippen LogP contribution in [0.2, 0.25) is 0 Å². The van der Waals surface area contributed by atoms with Gasteiger partial charge in [0.2, 0.25) is 11.8 Å². The van der Waals surface area contributed by atoms with E-state index in [-0.39, 0.29) is 18.7 Å². The van der Waals surface area contributed by atoms with Gasteiger partial charge in [-0.1, -0.05) is 12.1 Å². The number of benzene rings is 1. The molecule has 4 amide bonds. The van der Waals surface area contributed by atoms with Gasteiger partial charge in [-0.2, -0.15) is 0 Å². The molecule has 4 unspecified atom stereocenters. The minimum absolute atomic E-state index is 0.122. The third-order valence-corrected chi connectivity index (χ3v) is 6.82. The van der Waals surface area contributed by atoms with Crippen molar-refractivity contribution < 1.29 is 19.2 Å². The Morgan fingerprint density at radius 1 is 1.03 bits per heavy atom. The van der Waals surface area contributed by atoms with Gasteiger partial charge in [0.15, 0.2) is 0 Å². The minimum atomic E-state index is -0.930. The highest BCUT2D eigenvalue weighted by Gasteiger charge is 2.45. The minimum Gasteiger partial charge on any atom is -0.314 e. The maximum atomic E-state index is 13.1. The standard InChI is InChI=1S/C21H24N4O4/c26-17-7-6-16(19(27)24-17)25-20(28)13-3-1-2-11(18(13)21(25)29)10-23-15-8-9-22-14-5-4-12(14)15/h1-3,12,14-16,22-23H,4-10H2,(H,24,26,27). The maximum absolute atomic E-state index is 13.1. The van der Waals surface area contributed by atoms with Gasteiger partial charge in [-0.15, -0.1) is 0 Å². The van der Waals surface area contributed by atoms with Crippen LogP contribution in [-0.4, -0.2) is 53.2 Å². The summed E-state index contributed by atoms with van der Waals surface area (Å²) in [5, 5.41) is 9.37. The molecule has 0 spiro atoms. The number of imide groups is 2. The second kappa shape index (κ2) is 7.03. The first kappa shape index (κ1) is 18.4. The number of nitrogens with one attached hydrogen (secondary N) is 3. The topological polar surface area (TPSA) is 108 Å². The molecule has 1 saturated carbocycles. The first-order valence-corrected chi connectivity index (χ1v) is 10.3. The fraction of sp³-hybridized carbons (Fsp3) is 0.524. The summed E-state index contributed by atoms with van der Waals surface area (Å²) in [6.45, 7) is 1.51. The van der Waals surface area contributed by atoms with Crippen molar-refractivity contribution in [2.24, 2.45) is 5.92 Å². The van der Waals surface area contributed by atoms with Crippen molar-refractivity contribution in [1.29, 1.82) is 0 Å². The number of piperidine rings is 2. The molecular weight excluding hydrogens is 372 g/mol. The first-order valence-electron chi connectivity index (χ1n) is 10.3. The van der Waals surface area contributed by atoms with E-state index >= 15 is 0 Å². The van der Waals surface area contributed by atoms with Crippen molar-refractivity contribution in [2.75, 3.05) is 6.54 Å². The number of rotatable bonds is 4. The van der Waals surface area contributed by atoms with Crippen molar-refractivity contribution in [3.8, 4) is 0 Å². The van der Waals surface area contributed by atoms with E-state index in [4.69, 9.17) is 0 Å². The molecule has 3 heterocycles. The van der Waals surface area contributed by atoms with Crippen LogP contribution >= 0.6 is 0 Å². The molecule has 5 rings (SSSR count). The van der Waals surface area contributed by atoms with E-state index in [2.05, 4.69) is 16.0 Å². The van der Waals surface area contributed by atoms with Gasteiger partial charge in [0.05, 0.1) is 11.1 Å². The molecule has 0 aromatic heterocycles. The monoisotopic (exact) mass is 396 g/mol. The predicted molar refractivity (Wildman–Crippen MR) is 103 cm³/mol. The highest BCUT2D eigenvalue weighted by atomic mass is 16.2. The zero-order chi connectivity index (χ0) is 20.1. The molecule has 4 atom stereocenters. The Bertz CT molecular complexity index is 914. The molecule has 152 valence electrons. The van der Waals surface area contributed by atoms with E-state index in [1.54, 1.807) is 12.1 Å². The lowest BCUT2D eigenvalue weighted by Crippen LogP contribution is -2.58. The Labute approximate surface area is 168 Å². The first-order chi connectivity index (χ1) is 14.0. The average molecular weight is 396 g/mol. The van der Waals surface area contributed by atoms with Crippen molar-refractivity contribution in [3.63, 3.8) is 0 Å². The number of nitrogens with zero attached hydrogens (tertiary/aromatic N) is 1. The lowest BCUT2D eigenvalue weighted by atomic mass is 9.71. The quantitative estimate of drug-likeness (QED) is 0.633. The molecule has 1 aromatic rings. The number of carbonyl (C=O) groups is 4. The highest BCUT2D eigenvalue weighted by molar-refractivity contribution is 6.24. The summed E-state index contributed by atoms with van der Waals surface area (Å²) in [5.41, 5.74) is 1.50. The highest BCUT2D eigenvalue weighted by Crippen LogP contribution is 2.35. The van der Waals surface area contributed by atoms with Crippen molar-refractivity contribution >= 4 is 23.6 Å². The van der Waals surface area contributed by atoms with Gasteiger partial charge in [0.1, 0.15) is 6.04 Å². The lowest BCUT2D eigenvalue weighted by Gasteiger charge is -2.47. The molecule has 2 saturated heterocycles. The van der Waals surface area contributed by atoms with Gasteiger partial charge in [0, 0.05) is 25.0 Å². The third-order valence-electron chi connectivity index (χ3n) is 6.82. The van der Waals surface area contributed by atoms with Crippen LogP contribution in [0.3, 0.4) is 0 Å². The van der Waals surface area contributed by atoms with Crippen LogP contribution in [0.1, 0.15) is 58.4 Å². The number of hydrogen-bond donors (Lipinski definition) is 3. The van der Waals surface area contributed by atoms with Crippen molar-refractivity contribution in [3.05, 3.63) is 34.9 Å². The van der Waals surface area contributed by atoms with Crippen LogP contribution in [0.25, 0.3) is 0 Å². The van der Waals surface area contributed by atoms with Crippen LogP contribution in [-0.2, 0) is 16.1 Å². The fourth-order valence-electron chi connectivity index (χ4n) is 5.13. The number of carbonyl (C=O) groups excluding carboxylic acids is 4. The Hall–Kier alpha value is -2.58. The van der Waals surface area contributed by atoms with E-state index in [9.17, 15) is 19.2 Å². The summed E-state index contributed by atoms with van der Waals surface area (Å²) in [7, 11) is 0. The molecule has 0 radical (unpaired) electrons. The number of hydrogen-bond acceptors (Lipinski definition) is 6. The van der Waals surface area contributed by atoms with Gasteiger partial charge in [-0.3, -0.25) is 29.4 Å². The van der Waals surface area contributed by atoms with E-state index in [1.807, 2.05) is 6.07 Å². The van der Waals surface area contributed by atoms with E-state index in [1.165, 1.54) is 12.8 Å². The molecular formula is C21H24N4O4. The lowest BCUT2D eigenvalue weighted by molar-refractivity contribution is -0.136. The van der Waals surface area contributed by atoms with Crippen LogP contribution in [0.5, 0.6) is 0 Å². The van der Waals surface area contributed by atoms with Crippen LogP contribution < -0.4 is 16.0 Å². The summed E-state index contributed by atoms with van der Waals surface area (Å²) in [6.07, 6.45) is 3.77. The molecule has 1 aromatic carbocycles. The molecule has 29 heavy (non-hydrogen) atoms. The van der Waals surface area contributed by atoms with E-state index < -0.39 is 23.8 Å². The number of amides is 4. The van der Waals surface area contributed by atoms with E-state index in [0.29, 0.717) is 35.7 Å². The van der Waals surface area contributed by atoms with E-state index in [0.717, 1.165) is 23.4 Å². The summed E-state index contributed by atoms with van der Waals surface area (Å²) in [5.74, 6) is -1.23. The van der Waals surface area contributed by atoms with Gasteiger partial charge in [0.25, 0.3) is 11.8 Å². The Morgan fingerprint density at radius 3 is 2.66 bits per heavy atom. The van der Waals surface area contributed by atoms with Gasteiger partial charge in [-0.05, 0) is 49.8 Å². The molecule has 3 N–H and O–H groups in total. The van der Waals surface area contributed by atoms with Crippen LogP contribution in [0, 0.1) is 5.92 Å².